The summed E-state index contributed by atoms with van der Waals surface area (Å²) in [7, 11) is 0. The maximum absolute atomic E-state index is 12.9. The summed E-state index contributed by atoms with van der Waals surface area (Å²) in [5.41, 5.74) is 1.20. The fourth-order valence-electron chi connectivity index (χ4n) is 2.78. The molecule has 1 fully saturated rings. The molecule has 0 bridgehead atoms. The highest BCUT2D eigenvalue weighted by Crippen LogP contribution is 2.27. The molecule has 1 aliphatic heterocycles. The van der Waals surface area contributed by atoms with Crippen LogP contribution in [0.3, 0.4) is 0 Å². The van der Waals surface area contributed by atoms with Crippen molar-refractivity contribution < 1.29 is 23.5 Å². The first-order valence-corrected chi connectivity index (χ1v) is 10.1. The summed E-state index contributed by atoms with van der Waals surface area (Å²) in [4.78, 5) is 25.1. The van der Waals surface area contributed by atoms with Crippen LogP contribution in [0.5, 0.6) is 0 Å². The normalized spacial score (nSPS) is 16.0. The zero-order chi connectivity index (χ0) is 19.8. The number of carbonyl (C=O) groups excluding carboxylic acids is 2. The largest absolute Gasteiger partial charge is 0.452 e. The van der Waals surface area contributed by atoms with E-state index in [1.165, 1.54) is 12.1 Å². The van der Waals surface area contributed by atoms with Crippen molar-refractivity contribution in [2.24, 2.45) is 0 Å². The Morgan fingerprint density at radius 2 is 1.96 bits per heavy atom. The van der Waals surface area contributed by atoms with Crippen LogP contribution in [0.1, 0.15) is 28.8 Å². The lowest BCUT2D eigenvalue weighted by molar-refractivity contribution is -0.124. The van der Waals surface area contributed by atoms with Gasteiger partial charge in [0, 0.05) is 23.8 Å². The Labute approximate surface area is 167 Å². The van der Waals surface area contributed by atoms with Gasteiger partial charge in [-0.1, -0.05) is 24.3 Å². The summed E-state index contributed by atoms with van der Waals surface area (Å²) in [6.07, 6.45) is 2.32. The van der Waals surface area contributed by atoms with Crippen LogP contribution in [-0.2, 0) is 20.8 Å². The highest BCUT2D eigenvalue weighted by atomic mass is 32.2. The van der Waals surface area contributed by atoms with Crippen LogP contribution in [0.25, 0.3) is 0 Å². The van der Waals surface area contributed by atoms with Gasteiger partial charge in [-0.25, -0.2) is 9.18 Å². The van der Waals surface area contributed by atoms with E-state index in [-0.39, 0.29) is 25.1 Å². The third kappa shape index (κ3) is 6.07. The van der Waals surface area contributed by atoms with Gasteiger partial charge in [0.05, 0.1) is 11.7 Å². The summed E-state index contributed by atoms with van der Waals surface area (Å²) in [5, 5.41) is 2.64. The first-order chi connectivity index (χ1) is 13.6. The number of hydrogen-bond acceptors (Lipinski definition) is 5. The third-order valence-corrected chi connectivity index (χ3v) is 5.50. The van der Waals surface area contributed by atoms with E-state index in [1.54, 1.807) is 36.0 Å². The second-order valence-corrected chi connectivity index (χ2v) is 7.48. The van der Waals surface area contributed by atoms with E-state index in [2.05, 4.69) is 5.32 Å². The second kappa shape index (κ2) is 10.2. The number of thioether (sulfide) groups is 1. The van der Waals surface area contributed by atoms with Crippen molar-refractivity contribution in [3.05, 3.63) is 65.5 Å². The molecule has 3 rings (SSSR count). The first kappa shape index (κ1) is 20.4. The van der Waals surface area contributed by atoms with E-state index in [1.807, 2.05) is 12.1 Å². The van der Waals surface area contributed by atoms with Crippen LogP contribution in [0.15, 0.2) is 53.4 Å². The predicted octanol–water partition coefficient (Wildman–Crippen LogP) is 3.57. The van der Waals surface area contributed by atoms with Crippen molar-refractivity contribution in [2.45, 2.75) is 30.4 Å². The first-order valence-electron chi connectivity index (χ1n) is 9.13. The average Bonchev–Trinajstić information content (AvgIpc) is 3.24. The van der Waals surface area contributed by atoms with E-state index in [0.29, 0.717) is 5.56 Å². The molecule has 0 saturated carbocycles. The fourth-order valence-corrected chi connectivity index (χ4v) is 3.89. The molecule has 2 aromatic carbocycles. The van der Waals surface area contributed by atoms with Crippen molar-refractivity contribution in [3.63, 3.8) is 0 Å². The van der Waals surface area contributed by atoms with Gasteiger partial charge in [-0.05, 0) is 42.7 Å². The van der Waals surface area contributed by atoms with Gasteiger partial charge in [0.1, 0.15) is 5.82 Å². The Kier molecular flexibility index (Phi) is 7.45. The monoisotopic (exact) mass is 403 g/mol. The molecule has 0 radical (unpaired) electrons. The zero-order valence-corrected chi connectivity index (χ0v) is 16.2. The Morgan fingerprint density at radius 3 is 2.71 bits per heavy atom. The SMILES string of the molecule is O=C(COC(=O)c1ccccc1SC[C@@H]1CCCO1)NCc1ccc(F)cc1. The van der Waals surface area contributed by atoms with Crippen molar-refractivity contribution in [2.75, 3.05) is 19.0 Å². The van der Waals surface area contributed by atoms with E-state index >= 15 is 0 Å². The number of halogens is 1. The number of benzene rings is 2. The van der Waals surface area contributed by atoms with Gasteiger partial charge in [-0.2, -0.15) is 0 Å². The van der Waals surface area contributed by atoms with Crippen molar-refractivity contribution in [3.8, 4) is 0 Å². The number of carbonyl (C=O) groups is 2. The van der Waals surface area contributed by atoms with Crippen molar-refractivity contribution in [1.29, 1.82) is 0 Å². The minimum Gasteiger partial charge on any atom is -0.452 e. The molecule has 7 heteroatoms. The molecule has 5 nitrogen and oxygen atoms in total. The molecule has 0 aliphatic carbocycles. The van der Waals surface area contributed by atoms with Crippen LogP contribution in [0, 0.1) is 5.82 Å². The molecule has 1 amide bonds. The molecular formula is C21H22FNO4S. The lowest BCUT2D eigenvalue weighted by atomic mass is 10.2. The minimum absolute atomic E-state index is 0.214. The number of rotatable bonds is 8. The molecule has 2 aromatic rings. The highest BCUT2D eigenvalue weighted by Gasteiger charge is 2.19. The number of ether oxygens (including phenoxy) is 2. The quantitative estimate of drug-likeness (QED) is 0.539. The number of esters is 1. The smallest absolute Gasteiger partial charge is 0.339 e. The Hall–Kier alpha value is -2.38. The lowest BCUT2D eigenvalue weighted by Crippen LogP contribution is -2.28. The topological polar surface area (TPSA) is 64.6 Å². The van der Waals surface area contributed by atoms with Crippen LogP contribution < -0.4 is 5.32 Å². The maximum Gasteiger partial charge on any atom is 0.339 e. The number of hydrogen-bond donors (Lipinski definition) is 1. The Balaban J connectivity index is 1.47. The predicted molar refractivity (Wildman–Crippen MR) is 105 cm³/mol. The molecule has 1 aliphatic rings. The summed E-state index contributed by atoms with van der Waals surface area (Å²) >= 11 is 1.56. The van der Waals surface area contributed by atoms with E-state index in [9.17, 15) is 14.0 Å². The maximum atomic E-state index is 12.9. The molecule has 1 atom stereocenters. The van der Waals surface area contributed by atoms with Gasteiger partial charge in [0.25, 0.3) is 5.91 Å². The zero-order valence-electron chi connectivity index (χ0n) is 15.4. The molecular weight excluding hydrogens is 381 g/mol. The van der Waals surface area contributed by atoms with Crippen LogP contribution >= 0.6 is 11.8 Å². The van der Waals surface area contributed by atoms with Gasteiger partial charge < -0.3 is 14.8 Å². The van der Waals surface area contributed by atoms with E-state index in [0.717, 1.165) is 35.7 Å². The average molecular weight is 403 g/mol. The van der Waals surface area contributed by atoms with Gasteiger partial charge >= 0.3 is 5.97 Å². The van der Waals surface area contributed by atoms with Crippen LogP contribution in [0.4, 0.5) is 4.39 Å². The molecule has 28 heavy (non-hydrogen) atoms. The van der Waals surface area contributed by atoms with Crippen molar-refractivity contribution >= 4 is 23.6 Å². The summed E-state index contributed by atoms with van der Waals surface area (Å²) in [5.74, 6) is -0.503. The molecule has 1 heterocycles. The fraction of sp³-hybridized carbons (Fsp3) is 0.333. The van der Waals surface area contributed by atoms with Gasteiger partial charge in [-0.3, -0.25) is 4.79 Å². The van der Waals surface area contributed by atoms with Gasteiger partial charge in [-0.15, -0.1) is 11.8 Å². The molecule has 0 aromatic heterocycles. The molecule has 0 unspecified atom stereocenters. The Morgan fingerprint density at radius 1 is 1.18 bits per heavy atom. The lowest BCUT2D eigenvalue weighted by Gasteiger charge is -2.12. The summed E-state index contributed by atoms with van der Waals surface area (Å²) in [6, 6.07) is 13.0. The molecule has 148 valence electrons. The molecule has 1 N–H and O–H groups in total. The van der Waals surface area contributed by atoms with Gasteiger partial charge in [0.15, 0.2) is 6.61 Å². The number of nitrogens with one attached hydrogen (secondary N) is 1. The summed E-state index contributed by atoms with van der Waals surface area (Å²) < 4.78 is 23.6. The Bertz CT molecular complexity index is 806. The standard InChI is InChI=1S/C21H22FNO4S/c22-16-9-7-15(8-10-16)12-23-20(24)13-27-21(25)18-5-1-2-6-19(18)28-14-17-4-3-11-26-17/h1-2,5-10,17H,3-4,11-14H2,(H,23,24)/t17-/m0/s1. The molecule has 0 spiro atoms. The van der Waals surface area contributed by atoms with Crippen LogP contribution in [0.2, 0.25) is 0 Å². The van der Waals surface area contributed by atoms with Gasteiger partial charge in [0.2, 0.25) is 0 Å². The third-order valence-electron chi connectivity index (χ3n) is 4.29. The minimum atomic E-state index is -0.535. The van der Waals surface area contributed by atoms with Crippen LogP contribution in [-0.4, -0.2) is 36.9 Å². The summed E-state index contributed by atoms with van der Waals surface area (Å²) in [6.45, 7) is 0.664. The van der Waals surface area contributed by atoms with E-state index in [4.69, 9.17) is 9.47 Å². The highest BCUT2D eigenvalue weighted by molar-refractivity contribution is 7.99. The second-order valence-electron chi connectivity index (χ2n) is 6.42. The number of amides is 1. The molecule has 1 saturated heterocycles. The van der Waals surface area contributed by atoms with Crippen molar-refractivity contribution in [1.82, 2.24) is 5.32 Å². The van der Waals surface area contributed by atoms with E-state index < -0.39 is 11.9 Å².